The fourth-order valence-electron chi connectivity index (χ4n) is 5.22. The van der Waals surface area contributed by atoms with Gasteiger partial charge < -0.3 is 31.8 Å². The SMILES string of the molecule is COc1ccc2nc(S(=O)Cc3ncc(C)c(OC)c3C)[nH]c2c1.COc1ccc2nc(S(=O)Cc3ncc(C)c(OC)c3C)[nH]c2c1.[Ca+2].[H-].[H-]. The summed E-state index contributed by atoms with van der Waals surface area (Å²) >= 11 is 0. The molecule has 0 amide bonds. The van der Waals surface area contributed by atoms with E-state index in [9.17, 15) is 8.42 Å². The van der Waals surface area contributed by atoms with Gasteiger partial charge in [0.15, 0.2) is 10.3 Å². The minimum Gasteiger partial charge on any atom is -1.00 e. The molecule has 49 heavy (non-hydrogen) atoms. The summed E-state index contributed by atoms with van der Waals surface area (Å²) in [4.78, 5) is 23.8. The molecular weight excluding hydrogens is 693 g/mol. The molecule has 256 valence electrons. The zero-order chi connectivity index (χ0) is 34.5. The molecule has 2 unspecified atom stereocenters. The fourth-order valence-corrected chi connectivity index (χ4v) is 7.42. The number of nitrogens with zero attached hydrogens (tertiary/aromatic N) is 4. The fraction of sp³-hybridized carbons (Fsp3) is 0.294. The van der Waals surface area contributed by atoms with Gasteiger partial charge in [0.1, 0.15) is 23.0 Å². The Morgan fingerprint density at radius 2 is 1.02 bits per heavy atom. The maximum Gasteiger partial charge on any atom is 2.00 e. The van der Waals surface area contributed by atoms with E-state index in [1.807, 2.05) is 64.1 Å². The molecule has 0 fully saturated rings. The van der Waals surface area contributed by atoms with Crippen molar-refractivity contribution >= 4 is 81.4 Å². The smallest absolute Gasteiger partial charge is 1.00 e. The molecule has 0 radical (unpaired) electrons. The number of methoxy groups -OCH3 is 4. The van der Waals surface area contributed by atoms with E-state index in [0.29, 0.717) is 10.3 Å². The first kappa shape index (κ1) is 38.2. The average molecular weight is 733 g/mol. The largest absolute Gasteiger partial charge is 2.00 e. The second-order valence-corrected chi connectivity index (χ2v) is 13.7. The molecule has 0 saturated carbocycles. The summed E-state index contributed by atoms with van der Waals surface area (Å²) in [5, 5.41) is 0.859. The number of rotatable bonds is 10. The Hall–Kier alpha value is -3.56. The number of hydrogen-bond acceptors (Lipinski definition) is 10. The van der Waals surface area contributed by atoms with E-state index in [4.69, 9.17) is 18.9 Å². The third-order valence-corrected chi connectivity index (χ3v) is 10.1. The Morgan fingerprint density at radius 3 is 1.37 bits per heavy atom. The number of aromatic nitrogens is 6. The maximum absolute atomic E-state index is 12.7. The maximum atomic E-state index is 12.7. The van der Waals surface area contributed by atoms with Gasteiger partial charge in [0, 0.05) is 46.8 Å². The van der Waals surface area contributed by atoms with Crippen LogP contribution in [0.2, 0.25) is 0 Å². The standard InChI is InChI=1S/2C17H19N3O3S.Ca.2H/c2*1-10-8-18-15(11(2)16(10)23-4)9-24(21)17-19-13-6-5-12(22-3)7-14(13)20-17;;;/h2*5-8H,9H2,1-4H3,(H,19,20);;;/q;;+2;2*-1. The molecule has 0 spiro atoms. The minimum atomic E-state index is -1.33. The quantitative estimate of drug-likeness (QED) is 0.169. The van der Waals surface area contributed by atoms with Gasteiger partial charge in [-0.05, 0) is 52.0 Å². The molecule has 6 aromatic rings. The van der Waals surface area contributed by atoms with Crippen molar-refractivity contribution in [2.45, 2.75) is 49.5 Å². The molecule has 15 heteroatoms. The predicted octanol–water partition coefficient (Wildman–Crippen LogP) is 5.64. The topological polar surface area (TPSA) is 154 Å². The number of imidazole rings is 2. The second-order valence-electron chi connectivity index (χ2n) is 10.9. The summed E-state index contributed by atoms with van der Waals surface area (Å²) in [5.41, 5.74) is 8.32. The summed E-state index contributed by atoms with van der Waals surface area (Å²) in [6, 6.07) is 11.0. The summed E-state index contributed by atoms with van der Waals surface area (Å²) in [5.74, 6) is 3.57. The Kier molecular flexibility index (Phi) is 13.2. The summed E-state index contributed by atoms with van der Waals surface area (Å²) in [7, 11) is 3.81. The van der Waals surface area contributed by atoms with E-state index in [1.165, 1.54) is 0 Å². The van der Waals surface area contributed by atoms with Crippen LogP contribution in [0, 0.1) is 27.7 Å². The van der Waals surface area contributed by atoms with Crippen LogP contribution in [-0.2, 0) is 33.1 Å². The molecule has 2 atom stereocenters. The molecule has 2 aromatic carbocycles. The number of nitrogens with one attached hydrogen (secondary N) is 2. The van der Waals surface area contributed by atoms with Crippen LogP contribution in [-0.4, -0.2) is 104 Å². The number of hydrogen-bond donors (Lipinski definition) is 2. The number of aryl methyl sites for hydroxylation is 2. The van der Waals surface area contributed by atoms with E-state index in [2.05, 4.69) is 29.9 Å². The van der Waals surface area contributed by atoms with Crippen LogP contribution in [0.15, 0.2) is 59.1 Å². The van der Waals surface area contributed by atoms with Gasteiger partial charge in [-0.2, -0.15) is 0 Å². The van der Waals surface area contributed by atoms with Crippen molar-refractivity contribution in [3.63, 3.8) is 0 Å². The Morgan fingerprint density at radius 1 is 0.633 bits per heavy atom. The first-order valence-electron chi connectivity index (χ1n) is 14.9. The van der Waals surface area contributed by atoms with Gasteiger partial charge >= 0.3 is 37.7 Å². The first-order chi connectivity index (χ1) is 23.1. The summed E-state index contributed by atoms with van der Waals surface area (Å²) in [6.45, 7) is 7.72. The van der Waals surface area contributed by atoms with Crippen molar-refractivity contribution in [1.29, 1.82) is 0 Å². The molecule has 6 rings (SSSR count). The Labute approximate surface area is 322 Å². The van der Waals surface area contributed by atoms with Crippen molar-refractivity contribution in [2.24, 2.45) is 0 Å². The van der Waals surface area contributed by atoms with Crippen LogP contribution < -0.4 is 18.9 Å². The molecule has 4 heterocycles. The van der Waals surface area contributed by atoms with E-state index in [-0.39, 0.29) is 52.1 Å². The number of aromatic amines is 2. The Bertz CT molecular complexity index is 2010. The van der Waals surface area contributed by atoms with Crippen LogP contribution in [0.25, 0.3) is 22.1 Å². The number of H-pyrrole nitrogens is 2. The van der Waals surface area contributed by atoms with Crippen LogP contribution in [0.5, 0.6) is 23.0 Å². The van der Waals surface area contributed by atoms with Crippen LogP contribution >= 0.6 is 0 Å². The first-order valence-corrected chi connectivity index (χ1v) is 17.5. The van der Waals surface area contributed by atoms with Crippen molar-refractivity contribution < 1.29 is 30.2 Å². The van der Waals surface area contributed by atoms with Crippen LogP contribution in [0.1, 0.15) is 36.5 Å². The van der Waals surface area contributed by atoms with E-state index < -0.39 is 21.6 Å². The zero-order valence-corrected chi connectivity index (χ0v) is 32.6. The van der Waals surface area contributed by atoms with Crippen molar-refractivity contribution in [3.8, 4) is 23.0 Å². The molecule has 0 aliphatic heterocycles. The van der Waals surface area contributed by atoms with Gasteiger partial charge in [-0.1, -0.05) is 0 Å². The van der Waals surface area contributed by atoms with Gasteiger partial charge in [-0.3, -0.25) is 18.4 Å². The average Bonchev–Trinajstić information content (AvgIpc) is 3.72. The molecular formula is C34H40CaN6O6S2. The molecule has 12 nitrogen and oxygen atoms in total. The van der Waals surface area contributed by atoms with E-state index >= 15 is 0 Å². The van der Waals surface area contributed by atoms with Crippen molar-refractivity contribution in [3.05, 3.63) is 82.4 Å². The minimum absolute atomic E-state index is 0. The molecule has 4 aromatic heterocycles. The summed E-state index contributed by atoms with van der Waals surface area (Å²) in [6.07, 6.45) is 3.48. The predicted molar refractivity (Wildman–Crippen MR) is 194 cm³/mol. The number of benzene rings is 2. The van der Waals surface area contributed by atoms with E-state index in [0.717, 1.165) is 78.7 Å². The van der Waals surface area contributed by atoms with Gasteiger partial charge in [-0.15, -0.1) is 0 Å². The number of fused-ring (bicyclic) bond motifs is 2. The van der Waals surface area contributed by atoms with Crippen molar-refractivity contribution in [1.82, 2.24) is 29.9 Å². The Balaban J connectivity index is 0.000000334. The van der Waals surface area contributed by atoms with Gasteiger partial charge in [0.2, 0.25) is 0 Å². The van der Waals surface area contributed by atoms with Crippen LogP contribution in [0.4, 0.5) is 0 Å². The molecule has 0 aliphatic rings. The molecule has 0 aliphatic carbocycles. The van der Waals surface area contributed by atoms with Gasteiger partial charge in [-0.25, -0.2) is 9.97 Å². The normalized spacial score (nSPS) is 12.1. The van der Waals surface area contributed by atoms with Crippen molar-refractivity contribution in [2.75, 3.05) is 28.4 Å². The van der Waals surface area contributed by atoms with Gasteiger partial charge in [0.25, 0.3) is 0 Å². The number of ether oxygens (including phenoxy) is 4. The van der Waals surface area contributed by atoms with Gasteiger partial charge in [0.05, 0.1) is 95.0 Å². The second kappa shape index (κ2) is 16.9. The number of pyridine rings is 2. The van der Waals surface area contributed by atoms with E-state index in [1.54, 1.807) is 40.8 Å². The third-order valence-electron chi connectivity index (χ3n) is 7.80. The monoisotopic (exact) mass is 732 g/mol. The zero-order valence-electron chi connectivity index (χ0n) is 30.8. The molecule has 2 N–H and O–H groups in total. The van der Waals surface area contributed by atoms with Crippen LogP contribution in [0.3, 0.4) is 0 Å². The third kappa shape index (κ3) is 8.61. The molecule has 0 saturated heterocycles. The summed E-state index contributed by atoms with van der Waals surface area (Å²) < 4.78 is 46.5. The molecule has 0 bridgehead atoms.